The van der Waals surface area contributed by atoms with Crippen molar-refractivity contribution in [2.45, 2.75) is 11.4 Å². The van der Waals surface area contributed by atoms with Crippen LogP contribution in [0.25, 0.3) is 10.2 Å². The summed E-state index contributed by atoms with van der Waals surface area (Å²) in [5.74, 6) is 0.576. The number of allylic oxidation sites excluding steroid dienone is 1. The Morgan fingerprint density at radius 2 is 1.83 bits per heavy atom. The van der Waals surface area contributed by atoms with Crippen LogP contribution in [0.5, 0.6) is 11.5 Å². The number of carbonyl (C=O) groups is 1. The van der Waals surface area contributed by atoms with Gasteiger partial charge in [-0.15, -0.1) is 6.58 Å². The summed E-state index contributed by atoms with van der Waals surface area (Å²) in [6, 6.07) is 9.58. The van der Waals surface area contributed by atoms with Gasteiger partial charge in [-0.25, -0.2) is 8.42 Å². The largest absolute Gasteiger partial charge is 0.495 e. The molecule has 0 aliphatic carbocycles. The molecule has 0 spiro atoms. The summed E-state index contributed by atoms with van der Waals surface area (Å²) >= 11 is 1.25. The molecule has 1 aromatic heterocycles. The van der Waals surface area contributed by atoms with Crippen LogP contribution in [0.4, 0.5) is 0 Å². The zero-order valence-electron chi connectivity index (χ0n) is 16.2. The third-order valence-electron chi connectivity index (χ3n) is 4.22. The lowest BCUT2D eigenvalue weighted by atomic mass is 10.2. The molecule has 1 heterocycles. The van der Waals surface area contributed by atoms with E-state index in [1.54, 1.807) is 49.1 Å². The molecule has 7 nitrogen and oxygen atoms in total. The molecule has 0 radical (unpaired) electrons. The lowest BCUT2D eigenvalue weighted by Crippen LogP contribution is -2.17. The lowest BCUT2D eigenvalue weighted by Gasteiger charge is -2.08. The Bertz CT molecular complexity index is 1270. The highest BCUT2D eigenvalue weighted by Crippen LogP contribution is 2.35. The SMILES string of the molecule is C=CCn1c(=NC(=O)c2ccccc2S(C)(=O)=O)sc2c(OC)ccc(OC)c21. The molecule has 2 aromatic carbocycles. The van der Waals surface area contributed by atoms with Crippen LogP contribution in [-0.2, 0) is 16.4 Å². The van der Waals surface area contributed by atoms with Gasteiger partial charge in [-0.2, -0.15) is 4.99 Å². The van der Waals surface area contributed by atoms with Gasteiger partial charge in [0.2, 0.25) is 0 Å². The number of methoxy groups -OCH3 is 2. The summed E-state index contributed by atoms with van der Waals surface area (Å²) in [5.41, 5.74) is 0.747. The molecular weight excluding hydrogens is 412 g/mol. The van der Waals surface area contributed by atoms with Crippen LogP contribution in [0.2, 0.25) is 0 Å². The molecule has 0 atom stereocenters. The highest BCUT2D eigenvalue weighted by atomic mass is 32.2. The second-order valence-corrected chi connectivity index (χ2v) is 9.08. The van der Waals surface area contributed by atoms with Crippen molar-refractivity contribution in [3.63, 3.8) is 0 Å². The monoisotopic (exact) mass is 432 g/mol. The van der Waals surface area contributed by atoms with Gasteiger partial charge >= 0.3 is 0 Å². The predicted molar refractivity (Wildman–Crippen MR) is 113 cm³/mol. The zero-order chi connectivity index (χ0) is 21.2. The van der Waals surface area contributed by atoms with E-state index in [0.717, 1.165) is 16.5 Å². The molecule has 1 amide bonds. The highest BCUT2D eigenvalue weighted by Gasteiger charge is 2.20. The minimum atomic E-state index is -3.58. The van der Waals surface area contributed by atoms with Gasteiger partial charge in [0.1, 0.15) is 21.7 Å². The number of fused-ring (bicyclic) bond motifs is 1. The molecule has 0 N–H and O–H groups in total. The Labute approximate surface area is 172 Å². The average Bonchev–Trinajstić information content (AvgIpc) is 3.05. The number of hydrogen-bond acceptors (Lipinski definition) is 6. The number of sulfone groups is 1. The maximum absolute atomic E-state index is 12.9. The number of aromatic nitrogens is 1. The second kappa shape index (κ2) is 8.22. The molecule has 0 aliphatic rings. The van der Waals surface area contributed by atoms with E-state index < -0.39 is 15.7 Å². The fraction of sp³-hybridized carbons (Fsp3) is 0.200. The third kappa shape index (κ3) is 3.96. The fourth-order valence-corrected chi connectivity index (χ4v) is 4.98. The second-order valence-electron chi connectivity index (χ2n) is 6.12. The number of benzene rings is 2. The zero-order valence-corrected chi connectivity index (χ0v) is 17.8. The van der Waals surface area contributed by atoms with Crippen LogP contribution in [0.3, 0.4) is 0 Å². The summed E-state index contributed by atoms with van der Waals surface area (Å²) in [7, 11) is -0.462. The Hall–Kier alpha value is -2.91. The van der Waals surface area contributed by atoms with Crippen molar-refractivity contribution >= 4 is 37.3 Å². The van der Waals surface area contributed by atoms with Crippen molar-refractivity contribution < 1.29 is 22.7 Å². The van der Waals surface area contributed by atoms with Crippen LogP contribution in [-0.4, -0.2) is 39.4 Å². The van der Waals surface area contributed by atoms with Crippen molar-refractivity contribution in [1.29, 1.82) is 0 Å². The Morgan fingerprint density at radius 1 is 1.17 bits per heavy atom. The van der Waals surface area contributed by atoms with Crippen molar-refractivity contribution in [3.8, 4) is 11.5 Å². The smallest absolute Gasteiger partial charge is 0.280 e. The van der Waals surface area contributed by atoms with Gasteiger partial charge < -0.3 is 14.0 Å². The number of thiazole rings is 1. The standard InChI is InChI=1S/C20H20N2O5S2/c1-5-12-22-17-14(26-2)10-11-15(27-3)18(17)28-20(22)21-19(23)13-8-6-7-9-16(13)29(4,24)25/h5-11H,1,12H2,2-4H3. The van der Waals surface area contributed by atoms with Crippen LogP contribution in [0.1, 0.15) is 10.4 Å². The molecule has 0 saturated carbocycles. The van der Waals surface area contributed by atoms with E-state index in [4.69, 9.17) is 9.47 Å². The summed E-state index contributed by atoms with van der Waals surface area (Å²) < 4.78 is 37.5. The van der Waals surface area contributed by atoms with E-state index in [-0.39, 0.29) is 10.5 Å². The average molecular weight is 433 g/mol. The van der Waals surface area contributed by atoms with Gasteiger partial charge in [0.05, 0.1) is 24.7 Å². The number of hydrogen-bond donors (Lipinski definition) is 0. The van der Waals surface area contributed by atoms with Crippen LogP contribution in [0.15, 0.2) is 58.9 Å². The number of amides is 1. The van der Waals surface area contributed by atoms with Crippen molar-refractivity contribution in [3.05, 3.63) is 59.4 Å². The van der Waals surface area contributed by atoms with Gasteiger partial charge in [0.25, 0.3) is 5.91 Å². The molecule has 0 fully saturated rings. The molecule has 152 valence electrons. The van der Waals surface area contributed by atoms with E-state index in [1.807, 2.05) is 0 Å². The summed E-state index contributed by atoms with van der Waals surface area (Å²) in [4.78, 5) is 17.5. The first-order valence-corrected chi connectivity index (χ1v) is 11.3. The Balaban J connectivity index is 2.30. The molecule has 3 rings (SSSR count). The van der Waals surface area contributed by atoms with Crippen molar-refractivity contribution in [2.75, 3.05) is 20.5 Å². The van der Waals surface area contributed by atoms with E-state index in [9.17, 15) is 13.2 Å². The van der Waals surface area contributed by atoms with Gasteiger partial charge in [-0.1, -0.05) is 29.5 Å². The maximum atomic E-state index is 12.9. The Morgan fingerprint density at radius 3 is 2.45 bits per heavy atom. The van der Waals surface area contributed by atoms with Gasteiger partial charge in [0, 0.05) is 12.8 Å². The number of carbonyl (C=O) groups excluding carboxylic acids is 1. The number of nitrogens with zero attached hydrogens (tertiary/aromatic N) is 2. The summed E-state index contributed by atoms with van der Waals surface area (Å²) in [6.07, 6.45) is 2.74. The molecular formula is C20H20N2O5S2. The first-order chi connectivity index (χ1) is 13.8. The van der Waals surface area contributed by atoms with E-state index in [0.29, 0.717) is 22.8 Å². The summed E-state index contributed by atoms with van der Waals surface area (Å²) in [6.45, 7) is 4.15. The predicted octanol–water partition coefficient (Wildman–Crippen LogP) is 3.05. The highest BCUT2D eigenvalue weighted by molar-refractivity contribution is 7.90. The molecule has 0 aliphatic heterocycles. The topological polar surface area (TPSA) is 87.0 Å². The van der Waals surface area contributed by atoms with E-state index in [1.165, 1.54) is 23.5 Å². The molecule has 0 saturated heterocycles. The molecule has 9 heteroatoms. The van der Waals surface area contributed by atoms with Crippen LogP contribution < -0.4 is 14.3 Å². The molecule has 3 aromatic rings. The van der Waals surface area contributed by atoms with Crippen molar-refractivity contribution in [1.82, 2.24) is 4.57 Å². The molecule has 0 unspecified atom stereocenters. The van der Waals surface area contributed by atoms with E-state index in [2.05, 4.69) is 11.6 Å². The van der Waals surface area contributed by atoms with Gasteiger partial charge in [0.15, 0.2) is 14.6 Å². The minimum Gasteiger partial charge on any atom is -0.495 e. The maximum Gasteiger partial charge on any atom is 0.280 e. The molecule has 0 bridgehead atoms. The first kappa shape index (κ1) is 20.8. The summed E-state index contributed by atoms with van der Waals surface area (Å²) in [5, 5.41) is 0. The van der Waals surface area contributed by atoms with E-state index >= 15 is 0 Å². The van der Waals surface area contributed by atoms with Crippen molar-refractivity contribution in [2.24, 2.45) is 4.99 Å². The number of rotatable bonds is 6. The minimum absolute atomic E-state index is 0.0246. The number of ether oxygens (including phenoxy) is 2. The molecule has 29 heavy (non-hydrogen) atoms. The first-order valence-electron chi connectivity index (χ1n) is 8.55. The quantitative estimate of drug-likeness (QED) is 0.559. The van der Waals surface area contributed by atoms with Gasteiger partial charge in [-0.3, -0.25) is 4.79 Å². The third-order valence-corrected chi connectivity index (χ3v) is 6.47. The Kier molecular flexibility index (Phi) is 5.90. The van der Waals surface area contributed by atoms with Crippen LogP contribution in [0, 0.1) is 0 Å². The normalized spacial score (nSPS) is 12.2. The fourth-order valence-electron chi connectivity index (χ4n) is 2.95. The van der Waals surface area contributed by atoms with Crippen LogP contribution >= 0.6 is 11.3 Å². The van der Waals surface area contributed by atoms with Gasteiger partial charge in [-0.05, 0) is 24.3 Å². The lowest BCUT2D eigenvalue weighted by molar-refractivity contribution is 0.0994.